The lowest BCUT2D eigenvalue weighted by Gasteiger charge is -2.29. The Bertz CT molecular complexity index is 1010. The van der Waals surface area contributed by atoms with Gasteiger partial charge in [-0.25, -0.2) is 0 Å². The number of rotatable bonds is 9. The second-order valence-electron chi connectivity index (χ2n) is 7.65. The van der Waals surface area contributed by atoms with Gasteiger partial charge in [-0.1, -0.05) is 12.1 Å². The highest BCUT2D eigenvalue weighted by Crippen LogP contribution is 2.23. The first-order chi connectivity index (χ1) is 14.8. The van der Waals surface area contributed by atoms with E-state index in [-0.39, 0.29) is 6.17 Å². The quantitative estimate of drug-likeness (QED) is 0.315. The van der Waals surface area contributed by atoms with Gasteiger partial charge in [0, 0.05) is 24.5 Å². The van der Waals surface area contributed by atoms with Crippen molar-refractivity contribution in [3.05, 3.63) is 77.1 Å². The summed E-state index contributed by atoms with van der Waals surface area (Å²) in [4.78, 5) is 17.9. The number of nitrogens with one attached hydrogen (secondary N) is 1. The summed E-state index contributed by atoms with van der Waals surface area (Å²) in [5, 5.41) is 3.53. The van der Waals surface area contributed by atoms with Crippen molar-refractivity contribution in [1.29, 1.82) is 0 Å². The van der Waals surface area contributed by atoms with Crippen LogP contribution in [0.4, 0.5) is 5.69 Å². The second-order valence-corrected chi connectivity index (χ2v) is 7.65. The van der Waals surface area contributed by atoms with Gasteiger partial charge in [-0.3, -0.25) is 9.79 Å². The van der Waals surface area contributed by atoms with Crippen molar-refractivity contribution in [3.63, 3.8) is 0 Å². The van der Waals surface area contributed by atoms with Gasteiger partial charge in [-0.15, -0.1) is 0 Å². The predicted molar refractivity (Wildman–Crippen MR) is 131 cm³/mol. The van der Waals surface area contributed by atoms with E-state index < -0.39 is 0 Å². The van der Waals surface area contributed by atoms with Crippen LogP contribution in [0.25, 0.3) is 5.57 Å². The van der Waals surface area contributed by atoms with Gasteiger partial charge in [-0.05, 0) is 93.4 Å². The molecule has 0 spiro atoms. The number of nitrogens with zero attached hydrogens (tertiary/aromatic N) is 2. The Balaban J connectivity index is 2.31. The van der Waals surface area contributed by atoms with Crippen LogP contribution in [-0.4, -0.2) is 37.2 Å². The lowest BCUT2D eigenvalue weighted by molar-refractivity contribution is 0.112. The Kier molecular flexibility index (Phi) is 8.62. The highest BCUT2D eigenvalue weighted by Gasteiger charge is 2.15. The van der Waals surface area contributed by atoms with Crippen molar-refractivity contribution in [2.45, 2.75) is 40.8 Å². The molecule has 1 atom stereocenters. The number of allylic oxidation sites excluding steroid dienone is 2. The molecule has 1 N–H and O–H groups in total. The van der Waals surface area contributed by atoms with E-state index in [0.29, 0.717) is 5.56 Å². The van der Waals surface area contributed by atoms with Gasteiger partial charge >= 0.3 is 0 Å². The number of aryl methyl sites for hydroxylation is 2. The van der Waals surface area contributed by atoms with Crippen LogP contribution in [0.1, 0.15) is 47.8 Å². The zero-order chi connectivity index (χ0) is 23.0. The zero-order valence-electron chi connectivity index (χ0n) is 19.6. The third kappa shape index (κ3) is 6.32. The number of aliphatic imine (C=N–C) groups is 1. The van der Waals surface area contributed by atoms with Gasteiger partial charge < -0.3 is 15.0 Å². The largest absolute Gasteiger partial charge is 0.496 e. The van der Waals surface area contributed by atoms with Crippen LogP contribution in [0, 0.1) is 13.8 Å². The summed E-state index contributed by atoms with van der Waals surface area (Å²) in [5.74, 6) is 0.879. The topological polar surface area (TPSA) is 53.9 Å². The average molecular weight is 420 g/mol. The van der Waals surface area contributed by atoms with Gasteiger partial charge in [0.25, 0.3) is 0 Å². The number of hydrogen-bond acceptors (Lipinski definition) is 5. The number of aldehydes is 1. The molecule has 0 heterocycles. The van der Waals surface area contributed by atoms with E-state index in [1.807, 2.05) is 83.6 Å². The number of anilines is 1. The highest BCUT2D eigenvalue weighted by molar-refractivity contribution is 5.90. The average Bonchev–Trinajstić information content (AvgIpc) is 2.75. The van der Waals surface area contributed by atoms with Crippen LogP contribution >= 0.6 is 0 Å². The van der Waals surface area contributed by atoms with E-state index >= 15 is 0 Å². The molecule has 2 aromatic rings. The second kappa shape index (κ2) is 11.2. The Morgan fingerprint density at radius 1 is 1.13 bits per heavy atom. The number of methoxy groups -OCH3 is 1. The van der Waals surface area contributed by atoms with Crippen LogP contribution in [0.15, 0.2) is 59.9 Å². The van der Waals surface area contributed by atoms with Crippen LogP contribution in [0.2, 0.25) is 0 Å². The molecule has 0 saturated carbocycles. The smallest absolute Gasteiger partial charge is 0.150 e. The third-order valence-electron chi connectivity index (χ3n) is 5.20. The molecule has 0 bridgehead atoms. The molecule has 2 rings (SSSR count). The molecule has 0 aliphatic rings. The number of carbonyl (C=O) groups excluding carboxylic acids is 1. The molecule has 164 valence electrons. The van der Waals surface area contributed by atoms with Crippen LogP contribution in [-0.2, 0) is 0 Å². The summed E-state index contributed by atoms with van der Waals surface area (Å²) in [7, 11) is 3.69. The van der Waals surface area contributed by atoms with E-state index in [1.54, 1.807) is 7.11 Å². The van der Waals surface area contributed by atoms with E-state index in [9.17, 15) is 4.79 Å². The van der Waals surface area contributed by atoms with Gasteiger partial charge in [0.15, 0.2) is 0 Å². The lowest BCUT2D eigenvalue weighted by Crippen LogP contribution is -2.40. The minimum absolute atomic E-state index is 0.140. The Morgan fingerprint density at radius 3 is 2.45 bits per heavy atom. The minimum Gasteiger partial charge on any atom is -0.496 e. The van der Waals surface area contributed by atoms with Gasteiger partial charge in [0.2, 0.25) is 0 Å². The molecule has 0 saturated heterocycles. The van der Waals surface area contributed by atoms with Crippen molar-refractivity contribution in [3.8, 4) is 5.75 Å². The summed E-state index contributed by atoms with van der Waals surface area (Å²) in [6.45, 7) is 10.0. The first kappa shape index (κ1) is 23.9. The van der Waals surface area contributed by atoms with Crippen molar-refractivity contribution in [1.82, 2.24) is 4.90 Å². The monoisotopic (exact) mass is 419 g/mol. The van der Waals surface area contributed by atoms with E-state index in [4.69, 9.17) is 9.73 Å². The van der Waals surface area contributed by atoms with Gasteiger partial charge in [0.1, 0.15) is 18.2 Å². The molecule has 5 heteroatoms. The minimum atomic E-state index is -0.140. The summed E-state index contributed by atoms with van der Waals surface area (Å²) in [5.41, 5.74) is 6.77. The SMILES string of the molecule is C/C=C\N(C)C(Nc1ccc(C=O)c(C)c1)/C(C)=N/C=C(\C)c1ccc(OC)c(C)c1. The van der Waals surface area contributed by atoms with Gasteiger partial charge in [-0.2, -0.15) is 0 Å². The first-order valence-corrected chi connectivity index (χ1v) is 10.3. The van der Waals surface area contributed by atoms with Gasteiger partial charge in [0.05, 0.1) is 12.8 Å². The molecule has 31 heavy (non-hydrogen) atoms. The Labute approximate surface area is 186 Å². The Morgan fingerprint density at radius 2 is 1.87 bits per heavy atom. The molecule has 0 fully saturated rings. The fraction of sp³-hybridized carbons (Fsp3) is 0.308. The van der Waals surface area contributed by atoms with Crippen LogP contribution in [0.3, 0.4) is 0 Å². The maximum absolute atomic E-state index is 11.1. The summed E-state index contributed by atoms with van der Waals surface area (Å²) in [6, 6.07) is 11.9. The molecule has 0 radical (unpaired) electrons. The molecular weight excluding hydrogens is 386 g/mol. The fourth-order valence-electron chi connectivity index (χ4n) is 3.35. The summed E-state index contributed by atoms with van der Waals surface area (Å²) in [6.07, 6.45) is 6.63. The molecule has 5 nitrogen and oxygen atoms in total. The lowest BCUT2D eigenvalue weighted by atomic mass is 10.1. The number of carbonyl (C=O) groups is 1. The fourth-order valence-corrected chi connectivity index (χ4v) is 3.35. The van der Waals surface area contributed by atoms with E-state index in [0.717, 1.165) is 45.7 Å². The molecular formula is C26H33N3O2. The molecule has 1 unspecified atom stereocenters. The van der Waals surface area contributed by atoms with Crippen molar-refractivity contribution in [2.75, 3.05) is 19.5 Å². The molecule has 0 aliphatic heterocycles. The number of hydrogen-bond donors (Lipinski definition) is 1. The third-order valence-corrected chi connectivity index (χ3v) is 5.20. The van der Waals surface area contributed by atoms with Crippen LogP contribution in [0.5, 0.6) is 5.75 Å². The maximum atomic E-state index is 11.1. The van der Waals surface area contributed by atoms with Crippen molar-refractivity contribution in [2.24, 2.45) is 4.99 Å². The summed E-state index contributed by atoms with van der Waals surface area (Å²) < 4.78 is 5.35. The Hall–Kier alpha value is -3.34. The molecule has 0 amide bonds. The highest BCUT2D eigenvalue weighted by atomic mass is 16.5. The zero-order valence-corrected chi connectivity index (χ0v) is 19.6. The molecule has 0 aromatic heterocycles. The normalized spacial score (nSPS) is 13.3. The maximum Gasteiger partial charge on any atom is 0.150 e. The standard InChI is InChI=1S/C26H33N3O2/c1-8-13-29(6)26(28-24-11-9-23(17-30)18(2)15-24)21(5)27-16-20(4)22-10-12-25(31-7)19(3)14-22/h8-17,26,28H,1-7H3/b13-8-,20-16+,27-21+. The van der Waals surface area contributed by atoms with Crippen molar-refractivity contribution >= 4 is 23.3 Å². The molecule has 2 aromatic carbocycles. The first-order valence-electron chi connectivity index (χ1n) is 10.3. The number of ether oxygens (including phenoxy) is 1. The van der Waals surface area contributed by atoms with E-state index in [1.165, 1.54) is 0 Å². The van der Waals surface area contributed by atoms with Crippen molar-refractivity contribution < 1.29 is 9.53 Å². The molecule has 0 aliphatic carbocycles. The predicted octanol–water partition coefficient (Wildman–Crippen LogP) is 5.85. The van der Waals surface area contributed by atoms with Crippen LogP contribution < -0.4 is 10.1 Å². The summed E-state index contributed by atoms with van der Waals surface area (Å²) >= 11 is 0. The van der Waals surface area contributed by atoms with E-state index in [2.05, 4.69) is 23.2 Å². The number of benzene rings is 2.